The maximum absolute atomic E-state index is 6.78. The molecule has 0 aromatic heterocycles. The molecule has 0 aliphatic carbocycles. The summed E-state index contributed by atoms with van der Waals surface area (Å²) in [5, 5.41) is 0. The third-order valence-electron chi connectivity index (χ3n) is 11.8. The quantitative estimate of drug-likeness (QED) is 0.244. The van der Waals surface area contributed by atoms with Crippen molar-refractivity contribution in [1.82, 2.24) is 0 Å². The van der Waals surface area contributed by atoms with Crippen molar-refractivity contribution in [3.63, 3.8) is 0 Å². The molecule has 4 aliphatic heterocycles. The summed E-state index contributed by atoms with van der Waals surface area (Å²) >= 11 is 0. The fourth-order valence-electron chi connectivity index (χ4n) is 9.43. The molecule has 11 rings (SSSR count). The van der Waals surface area contributed by atoms with Gasteiger partial charge in [-0.25, -0.2) is 0 Å². The van der Waals surface area contributed by atoms with E-state index in [0.717, 1.165) is 62.4 Å². The van der Waals surface area contributed by atoms with Gasteiger partial charge in [-0.05, 0) is 109 Å². The lowest BCUT2D eigenvalue weighted by Gasteiger charge is -2.36. The Hall–Kier alpha value is -6.07. The van der Waals surface area contributed by atoms with Gasteiger partial charge in [0.15, 0.2) is 0 Å². The summed E-state index contributed by atoms with van der Waals surface area (Å²) in [6.45, 7) is 8.72. The van der Waals surface area contributed by atoms with Crippen molar-refractivity contribution in [3.8, 4) is 46.0 Å². The number of ether oxygens (including phenoxy) is 4. The van der Waals surface area contributed by atoms with Crippen LogP contribution in [0.1, 0.15) is 22.3 Å². The smallest absolute Gasteiger partial charge is 0.260 e. The van der Waals surface area contributed by atoms with Gasteiger partial charge in [-0.1, -0.05) is 112 Å². The second kappa shape index (κ2) is 11.2. The second-order valence-corrected chi connectivity index (χ2v) is 14.9. The first-order valence-electron chi connectivity index (χ1n) is 18.4. The standard InChI is InChI=1S/C46H33B3O4/c1-26-12-9-18-38-44(26)47(30-14-5-7-16-36(30)50-38)32-24-34-42(22-28(32)3)52-40-20-11-21-41-46(40)49(34)35-25-33(29(4)23-43(35)53-41)48-31-15-6-8-17-37(31)51-39-19-10-13-27(2)45(39)48/h5-25H,1-4H3. The molecule has 0 radical (unpaired) electrons. The SMILES string of the molecule is Cc1cc2c(cc1B1c3ccccc3Oc3cccc(C)c31)B1c3cc(B4c5ccccc5Oc5cccc(C)c54)c(C)cc3Oc3cccc(c31)O2. The van der Waals surface area contributed by atoms with E-state index in [1.165, 1.54) is 55.0 Å². The summed E-state index contributed by atoms with van der Waals surface area (Å²) in [6, 6.07) is 45.2. The van der Waals surface area contributed by atoms with Crippen molar-refractivity contribution >= 4 is 69.3 Å². The molecule has 0 unspecified atom stereocenters. The van der Waals surface area contributed by atoms with E-state index < -0.39 is 0 Å². The summed E-state index contributed by atoms with van der Waals surface area (Å²) in [4.78, 5) is 0. The van der Waals surface area contributed by atoms with Gasteiger partial charge >= 0.3 is 0 Å². The average molecular weight is 682 g/mol. The van der Waals surface area contributed by atoms with Gasteiger partial charge in [-0.3, -0.25) is 0 Å². The molecular formula is C46H33B3O4. The zero-order valence-corrected chi connectivity index (χ0v) is 30.0. The van der Waals surface area contributed by atoms with Crippen LogP contribution in [0.25, 0.3) is 0 Å². The summed E-state index contributed by atoms with van der Waals surface area (Å²) in [5.74, 6) is 7.10. The first-order chi connectivity index (χ1) is 25.9. The van der Waals surface area contributed by atoms with E-state index in [2.05, 4.69) is 149 Å². The lowest BCUT2D eigenvalue weighted by atomic mass is 9.30. The lowest BCUT2D eigenvalue weighted by molar-refractivity contribution is 0.464. The molecule has 0 N–H and O–H groups in total. The topological polar surface area (TPSA) is 36.9 Å². The molecule has 0 spiro atoms. The predicted octanol–water partition coefficient (Wildman–Crippen LogP) is 4.89. The number of hydrogen-bond donors (Lipinski definition) is 0. The Bertz CT molecular complexity index is 2540. The van der Waals surface area contributed by atoms with Crippen LogP contribution in [-0.4, -0.2) is 20.1 Å². The number of aryl methyl sites for hydroxylation is 4. The van der Waals surface area contributed by atoms with E-state index in [-0.39, 0.29) is 20.1 Å². The summed E-state index contributed by atoms with van der Waals surface area (Å²) in [7, 11) is 0. The van der Waals surface area contributed by atoms with Crippen LogP contribution in [0.15, 0.2) is 127 Å². The Labute approximate surface area is 310 Å². The van der Waals surface area contributed by atoms with Crippen LogP contribution < -0.4 is 68.1 Å². The molecule has 7 heteroatoms. The Morgan fingerprint density at radius 2 is 0.642 bits per heavy atom. The minimum atomic E-state index is -0.0924. The molecule has 0 fully saturated rings. The van der Waals surface area contributed by atoms with Gasteiger partial charge in [0.05, 0.1) is 0 Å². The van der Waals surface area contributed by atoms with Crippen molar-refractivity contribution in [2.75, 3.05) is 0 Å². The normalized spacial score (nSPS) is 13.8. The summed E-state index contributed by atoms with van der Waals surface area (Å²) < 4.78 is 26.6. The number of hydrogen-bond acceptors (Lipinski definition) is 4. The molecule has 7 aromatic carbocycles. The largest absolute Gasteiger partial charge is 0.458 e. The first kappa shape index (κ1) is 30.6. The number of benzene rings is 7. The zero-order chi connectivity index (χ0) is 35.5. The van der Waals surface area contributed by atoms with Crippen LogP contribution in [0.2, 0.25) is 0 Å². The first-order valence-corrected chi connectivity index (χ1v) is 18.4. The third-order valence-corrected chi connectivity index (χ3v) is 11.8. The highest BCUT2D eigenvalue weighted by Gasteiger charge is 2.44. The van der Waals surface area contributed by atoms with Crippen molar-refractivity contribution in [3.05, 3.63) is 150 Å². The molecule has 0 amide bonds. The Morgan fingerprint density at radius 1 is 0.283 bits per heavy atom. The highest BCUT2D eigenvalue weighted by Crippen LogP contribution is 2.36. The zero-order valence-electron chi connectivity index (χ0n) is 30.0. The Balaban J connectivity index is 1.15. The van der Waals surface area contributed by atoms with Crippen molar-refractivity contribution < 1.29 is 18.9 Å². The number of fused-ring (bicyclic) bond motifs is 8. The fourth-order valence-corrected chi connectivity index (χ4v) is 9.43. The minimum Gasteiger partial charge on any atom is -0.458 e. The van der Waals surface area contributed by atoms with Gasteiger partial charge in [-0.2, -0.15) is 0 Å². The molecule has 0 saturated heterocycles. The Morgan fingerprint density at radius 3 is 1.11 bits per heavy atom. The van der Waals surface area contributed by atoms with E-state index >= 15 is 0 Å². The average Bonchev–Trinajstić information content (AvgIpc) is 3.16. The number of para-hydroxylation sites is 2. The van der Waals surface area contributed by atoms with Gasteiger partial charge in [0.1, 0.15) is 46.0 Å². The van der Waals surface area contributed by atoms with Crippen LogP contribution in [-0.2, 0) is 0 Å². The Kier molecular flexibility index (Phi) is 6.47. The van der Waals surface area contributed by atoms with Gasteiger partial charge in [0.25, 0.3) is 20.1 Å². The monoisotopic (exact) mass is 682 g/mol. The molecule has 4 nitrogen and oxygen atoms in total. The van der Waals surface area contributed by atoms with E-state index in [4.69, 9.17) is 18.9 Å². The maximum Gasteiger partial charge on any atom is 0.260 e. The molecule has 0 atom stereocenters. The van der Waals surface area contributed by atoms with E-state index in [1.54, 1.807) is 0 Å². The van der Waals surface area contributed by atoms with Crippen LogP contribution in [0.5, 0.6) is 46.0 Å². The van der Waals surface area contributed by atoms with E-state index in [9.17, 15) is 0 Å². The van der Waals surface area contributed by atoms with Gasteiger partial charge in [0.2, 0.25) is 0 Å². The molecule has 7 aromatic rings. The van der Waals surface area contributed by atoms with Gasteiger partial charge in [-0.15, -0.1) is 0 Å². The molecular weight excluding hydrogens is 649 g/mol. The summed E-state index contributed by atoms with van der Waals surface area (Å²) in [6.07, 6.45) is 0. The van der Waals surface area contributed by atoms with Crippen LogP contribution in [0, 0.1) is 27.7 Å². The van der Waals surface area contributed by atoms with Gasteiger partial charge in [0, 0.05) is 5.46 Å². The van der Waals surface area contributed by atoms with Gasteiger partial charge < -0.3 is 18.9 Å². The minimum absolute atomic E-state index is 0.00389. The summed E-state index contributed by atoms with van der Waals surface area (Å²) in [5.41, 5.74) is 15.4. The van der Waals surface area contributed by atoms with Crippen molar-refractivity contribution in [2.45, 2.75) is 27.7 Å². The lowest BCUT2D eigenvalue weighted by Crippen LogP contribution is -2.62. The van der Waals surface area contributed by atoms with E-state index in [1.807, 2.05) is 6.07 Å². The maximum atomic E-state index is 6.78. The number of rotatable bonds is 2. The molecule has 4 aliphatic rings. The molecule has 4 heterocycles. The highest BCUT2D eigenvalue weighted by molar-refractivity contribution is 7.01. The van der Waals surface area contributed by atoms with E-state index in [0.29, 0.717) is 0 Å². The third kappa shape index (κ3) is 4.40. The predicted molar refractivity (Wildman–Crippen MR) is 218 cm³/mol. The highest BCUT2D eigenvalue weighted by atomic mass is 16.5. The van der Waals surface area contributed by atoms with Crippen LogP contribution >= 0.6 is 0 Å². The van der Waals surface area contributed by atoms with Crippen LogP contribution in [0.4, 0.5) is 0 Å². The van der Waals surface area contributed by atoms with Crippen molar-refractivity contribution in [2.24, 2.45) is 0 Å². The molecule has 0 bridgehead atoms. The van der Waals surface area contributed by atoms with Crippen LogP contribution in [0.3, 0.4) is 0 Å². The second-order valence-electron chi connectivity index (χ2n) is 14.9. The fraction of sp³-hybridized carbons (Fsp3) is 0.0870. The van der Waals surface area contributed by atoms with Crippen molar-refractivity contribution in [1.29, 1.82) is 0 Å². The molecule has 250 valence electrons. The molecule has 0 saturated carbocycles. The molecule has 53 heavy (non-hydrogen) atoms.